The lowest BCUT2D eigenvalue weighted by atomic mass is 10.1. The minimum atomic E-state index is -5.05. The summed E-state index contributed by atoms with van der Waals surface area (Å²) in [6.45, 7) is 0. The summed E-state index contributed by atoms with van der Waals surface area (Å²) < 4.78 is 96.3. The molecule has 18 heavy (non-hydrogen) atoms. The summed E-state index contributed by atoms with van der Waals surface area (Å²) in [4.78, 5) is -1.02. The van der Waals surface area contributed by atoms with E-state index in [0.717, 1.165) is 0 Å². The summed E-state index contributed by atoms with van der Waals surface area (Å²) in [7, 11) is -4.17. The molecule has 102 valence electrons. The highest BCUT2D eigenvalue weighted by molar-refractivity contribution is 7.90. The lowest BCUT2D eigenvalue weighted by Crippen LogP contribution is -2.13. The first-order valence-corrected chi connectivity index (χ1v) is 6.20. The highest BCUT2D eigenvalue weighted by atomic mass is 32.2. The van der Waals surface area contributed by atoms with Crippen LogP contribution >= 0.6 is 0 Å². The average molecular weight is 292 g/mol. The first-order valence-electron chi connectivity index (χ1n) is 4.31. The lowest BCUT2D eigenvalue weighted by Gasteiger charge is -2.13. The number of benzene rings is 1. The first kappa shape index (κ1) is 14.8. The van der Waals surface area contributed by atoms with Gasteiger partial charge in [0.25, 0.3) is 0 Å². The van der Waals surface area contributed by atoms with Gasteiger partial charge in [-0.3, -0.25) is 0 Å². The van der Waals surface area contributed by atoms with Crippen LogP contribution in [0.1, 0.15) is 11.1 Å². The Morgan fingerprint density at radius 1 is 0.833 bits per heavy atom. The number of alkyl halides is 6. The van der Waals surface area contributed by atoms with Crippen molar-refractivity contribution in [2.75, 3.05) is 6.26 Å². The molecule has 0 aliphatic carbocycles. The Labute approximate surface area is 98.1 Å². The predicted molar refractivity (Wildman–Crippen MR) is 49.6 cm³/mol. The van der Waals surface area contributed by atoms with Gasteiger partial charge in [0.2, 0.25) is 0 Å². The van der Waals surface area contributed by atoms with Gasteiger partial charge < -0.3 is 0 Å². The molecular formula is C9H6F6O2S. The van der Waals surface area contributed by atoms with Crippen LogP contribution in [0.5, 0.6) is 0 Å². The zero-order valence-electron chi connectivity index (χ0n) is 8.72. The minimum absolute atomic E-state index is 0.130. The van der Waals surface area contributed by atoms with Gasteiger partial charge in [-0.25, -0.2) is 8.42 Å². The number of sulfone groups is 1. The van der Waals surface area contributed by atoms with Gasteiger partial charge in [-0.2, -0.15) is 26.3 Å². The van der Waals surface area contributed by atoms with E-state index in [0.29, 0.717) is 6.26 Å². The molecule has 1 rings (SSSR count). The monoisotopic (exact) mass is 292 g/mol. The molecule has 0 unspecified atom stereocenters. The van der Waals surface area contributed by atoms with E-state index < -0.39 is 38.2 Å². The summed E-state index contributed by atoms with van der Waals surface area (Å²) in [6.07, 6.45) is -9.58. The van der Waals surface area contributed by atoms with E-state index in [9.17, 15) is 34.8 Å². The van der Waals surface area contributed by atoms with Crippen molar-refractivity contribution in [3.8, 4) is 0 Å². The van der Waals surface area contributed by atoms with E-state index >= 15 is 0 Å². The van der Waals surface area contributed by atoms with Crippen LogP contribution in [0.15, 0.2) is 23.1 Å². The molecule has 0 aromatic heterocycles. The largest absolute Gasteiger partial charge is 0.416 e. The molecule has 1 aromatic rings. The van der Waals surface area contributed by atoms with Crippen molar-refractivity contribution >= 4 is 9.84 Å². The first-order chi connectivity index (χ1) is 7.82. The van der Waals surface area contributed by atoms with Gasteiger partial charge in [-0.1, -0.05) is 0 Å². The normalized spacial score (nSPS) is 13.7. The van der Waals surface area contributed by atoms with Crippen molar-refractivity contribution in [1.82, 2.24) is 0 Å². The third-order valence-corrected chi connectivity index (χ3v) is 3.08. The smallest absolute Gasteiger partial charge is 0.224 e. The SMILES string of the molecule is CS(=O)(=O)c1cc(C(F)(F)F)cc(C(F)(F)F)c1. The minimum Gasteiger partial charge on any atom is -0.224 e. The van der Waals surface area contributed by atoms with Crippen LogP contribution in [0.2, 0.25) is 0 Å². The fourth-order valence-electron chi connectivity index (χ4n) is 1.14. The Kier molecular flexibility index (Phi) is 3.41. The molecule has 0 N–H and O–H groups in total. The van der Waals surface area contributed by atoms with Crippen molar-refractivity contribution in [2.24, 2.45) is 0 Å². The van der Waals surface area contributed by atoms with E-state index in [1.54, 1.807) is 0 Å². The van der Waals surface area contributed by atoms with E-state index in [4.69, 9.17) is 0 Å². The second kappa shape index (κ2) is 4.15. The molecule has 0 fully saturated rings. The van der Waals surface area contributed by atoms with Gasteiger partial charge in [0, 0.05) is 6.26 Å². The summed E-state index contributed by atoms with van der Waals surface area (Å²) in [5.41, 5.74) is -3.31. The highest BCUT2D eigenvalue weighted by Gasteiger charge is 2.37. The molecule has 1 aromatic carbocycles. The lowest BCUT2D eigenvalue weighted by molar-refractivity contribution is -0.143. The second-order valence-electron chi connectivity index (χ2n) is 3.51. The average Bonchev–Trinajstić information content (AvgIpc) is 2.13. The molecule has 0 saturated carbocycles. The summed E-state index contributed by atoms with van der Waals surface area (Å²) in [5, 5.41) is 0. The van der Waals surface area contributed by atoms with Crippen LogP contribution in [-0.2, 0) is 22.2 Å². The highest BCUT2D eigenvalue weighted by Crippen LogP contribution is 2.37. The maximum atomic E-state index is 12.4. The van der Waals surface area contributed by atoms with Gasteiger partial charge in [-0.15, -0.1) is 0 Å². The maximum Gasteiger partial charge on any atom is 0.416 e. The van der Waals surface area contributed by atoms with Crippen molar-refractivity contribution < 1.29 is 34.8 Å². The molecule has 2 nitrogen and oxygen atoms in total. The molecule has 0 radical (unpaired) electrons. The molecule has 0 saturated heterocycles. The van der Waals surface area contributed by atoms with Gasteiger partial charge in [0.15, 0.2) is 9.84 Å². The van der Waals surface area contributed by atoms with Crippen molar-refractivity contribution in [3.63, 3.8) is 0 Å². The second-order valence-corrected chi connectivity index (χ2v) is 5.53. The maximum absolute atomic E-state index is 12.4. The van der Waals surface area contributed by atoms with Crippen LogP contribution in [0, 0.1) is 0 Å². The van der Waals surface area contributed by atoms with Gasteiger partial charge in [-0.05, 0) is 18.2 Å². The topological polar surface area (TPSA) is 34.1 Å². The molecule has 0 bridgehead atoms. The Morgan fingerprint density at radius 2 is 1.17 bits per heavy atom. The zero-order chi connectivity index (χ0) is 14.4. The van der Waals surface area contributed by atoms with E-state index in [2.05, 4.69) is 0 Å². The third kappa shape index (κ3) is 3.37. The molecular weight excluding hydrogens is 286 g/mol. The number of rotatable bonds is 1. The zero-order valence-corrected chi connectivity index (χ0v) is 9.54. The van der Waals surface area contributed by atoms with Crippen molar-refractivity contribution in [3.05, 3.63) is 29.3 Å². The Hall–Kier alpha value is -1.25. The molecule has 0 atom stereocenters. The van der Waals surface area contributed by atoms with Gasteiger partial charge >= 0.3 is 12.4 Å². The molecule has 0 amide bonds. The predicted octanol–water partition coefficient (Wildman–Crippen LogP) is 3.13. The van der Waals surface area contributed by atoms with Crippen molar-refractivity contribution in [1.29, 1.82) is 0 Å². The van der Waals surface area contributed by atoms with Crippen LogP contribution in [-0.4, -0.2) is 14.7 Å². The standard InChI is InChI=1S/C9H6F6O2S/c1-18(16,17)7-3-5(8(10,11)12)2-6(4-7)9(13,14)15/h2-4H,1H3. The molecule has 9 heteroatoms. The summed E-state index contributed by atoms with van der Waals surface area (Å²) in [5.74, 6) is 0. The van der Waals surface area contributed by atoms with Crippen LogP contribution in [0.4, 0.5) is 26.3 Å². The fraction of sp³-hybridized carbons (Fsp3) is 0.333. The quantitative estimate of drug-likeness (QED) is 0.745. The molecule has 0 heterocycles. The van der Waals surface area contributed by atoms with E-state index in [1.807, 2.05) is 0 Å². The van der Waals surface area contributed by atoms with Crippen molar-refractivity contribution in [2.45, 2.75) is 17.2 Å². The fourth-order valence-corrected chi connectivity index (χ4v) is 1.82. The third-order valence-electron chi connectivity index (χ3n) is 1.99. The van der Waals surface area contributed by atoms with Crippen LogP contribution in [0.25, 0.3) is 0 Å². The number of halogens is 6. The van der Waals surface area contributed by atoms with Gasteiger partial charge in [0.1, 0.15) is 0 Å². The summed E-state index contributed by atoms with van der Waals surface area (Å²) in [6, 6.07) is 0.212. The van der Waals surface area contributed by atoms with E-state index in [-0.39, 0.29) is 18.2 Å². The number of hydrogen-bond acceptors (Lipinski definition) is 2. The van der Waals surface area contributed by atoms with E-state index in [1.165, 1.54) is 0 Å². The molecule has 0 aliphatic rings. The van der Waals surface area contributed by atoms with Crippen LogP contribution < -0.4 is 0 Å². The van der Waals surface area contributed by atoms with Gasteiger partial charge in [0.05, 0.1) is 16.0 Å². The number of hydrogen-bond donors (Lipinski definition) is 0. The molecule has 0 spiro atoms. The van der Waals surface area contributed by atoms with Crippen LogP contribution in [0.3, 0.4) is 0 Å². The Morgan fingerprint density at radius 3 is 1.39 bits per heavy atom. The summed E-state index contributed by atoms with van der Waals surface area (Å²) >= 11 is 0. The Balaban J connectivity index is 3.60. The molecule has 0 aliphatic heterocycles. The Bertz CT molecular complexity index is 523.